The monoisotopic (exact) mass is 668 g/mol. The fourth-order valence-corrected chi connectivity index (χ4v) is 5.62. The molecule has 0 aliphatic rings. The average molecular weight is 669 g/mol. The molecule has 2 aromatic heterocycles. The SMILES string of the molecule is [2H]c1c([2H])c([2H])c(-c2c([2H])c([2H])c([2H])c(-n3c4c([2H])c([2H])c([2H])c([2H])c4c4c([2H])c(-c5c([2H])c([2H])c6c(c5[2H])c5c([2H])c([2H])c([2H])c([2H])c5n6-c5c([2H])c([2H])c([2H])c(-c6c([2H])c([2H])c([2H])c([2H])c6[2H])c5[2H])c([2H])c([2H])c43)c2[2H])c([2H])c1[2H]. The number of para-hydroxylation sites is 2. The molecule has 2 heterocycles. The lowest BCUT2D eigenvalue weighted by Crippen LogP contribution is -1.94. The summed E-state index contributed by atoms with van der Waals surface area (Å²) in [6, 6.07) is -31.6. The van der Waals surface area contributed by atoms with E-state index >= 15 is 0 Å². The Morgan fingerprint density at radius 2 is 0.620 bits per heavy atom. The lowest BCUT2D eigenvalue weighted by atomic mass is 10.0. The molecular weight excluding hydrogens is 605 g/mol. The summed E-state index contributed by atoms with van der Waals surface area (Å²) in [6.45, 7) is 0. The second-order valence-corrected chi connectivity index (χ2v) is 10.5. The molecule has 234 valence electrons. The van der Waals surface area contributed by atoms with Gasteiger partial charge in [0.15, 0.2) is 0 Å². The van der Waals surface area contributed by atoms with E-state index in [1.54, 1.807) is 0 Å². The first-order valence-electron chi connectivity index (χ1n) is 30.6. The smallest absolute Gasteiger partial charge is 0.0651 e. The minimum Gasteiger partial charge on any atom is -0.309 e. The second kappa shape index (κ2) is 11.5. The van der Waals surface area contributed by atoms with Crippen LogP contribution in [0.5, 0.6) is 0 Å². The van der Waals surface area contributed by atoms with Crippen LogP contribution in [0.2, 0.25) is 0 Å². The van der Waals surface area contributed by atoms with Gasteiger partial charge in [0, 0.05) is 32.9 Å². The van der Waals surface area contributed by atoms with Crippen molar-refractivity contribution in [2.75, 3.05) is 0 Å². The molecule has 0 bridgehead atoms. The molecule has 2 heteroatoms. The van der Waals surface area contributed by atoms with Crippen LogP contribution in [0.1, 0.15) is 43.9 Å². The Kier molecular flexibility index (Phi) is 2.52. The summed E-state index contributed by atoms with van der Waals surface area (Å²) in [4.78, 5) is 0. The van der Waals surface area contributed by atoms with Crippen LogP contribution in [0.25, 0.3) is 88.4 Å². The minimum atomic E-state index is -1.12. The van der Waals surface area contributed by atoms with E-state index < -0.39 is 282 Å². The van der Waals surface area contributed by atoms with Gasteiger partial charge < -0.3 is 9.13 Å². The van der Waals surface area contributed by atoms with Crippen molar-refractivity contribution in [2.45, 2.75) is 0 Å². The van der Waals surface area contributed by atoms with Gasteiger partial charge in [-0.15, -0.1) is 0 Å². The van der Waals surface area contributed by atoms with E-state index in [0.717, 1.165) is 0 Å². The topological polar surface area (TPSA) is 9.86 Å². The number of nitrogens with zero attached hydrogens (tertiary/aromatic N) is 2. The van der Waals surface area contributed by atoms with Gasteiger partial charge >= 0.3 is 0 Å². The van der Waals surface area contributed by atoms with Crippen LogP contribution < -0.4 is 0 Å². The van der Waals surface area contributed by atoms with Crippen molar-refractivity contribution in [3.05, 3.63) is 193 Å². The van der Waals surface area contributed by atoms with E-state index in [0.29, 0.717) is 9.13 Å². The standard InChI is InChI=1S/C48H32N2/c1-3-13-33(14-4-1)35-17-11-19-39(29-35)49-45-23-9-7-21-41(45)43-31-37(25-27-47(43)49)38-26-28-48-44(32-38)42-22-8-10-24-46(42)50(48)40-20-12-18-36(30-40)34-15-5-2-6-16-34/h1-32H/i1D,2D,3D,4D,5D,6D,7D,8D,9D,10D,11D,12D,13D,14D,15D,16D,17D,18D,19D,20D,21D,22D,23D,24D,25D,26D,27D,28D,29D,30D,31D,32D. The minimum absolute atomic E-state index is 0.661. The van der Waals surface area contributed by atoms with Crippen LogP contribution in [0.3, 0.4) is 0 Å². The van der Waals surface area contributed by atoms with Gasteiger partial charge in [0.1, 0.15) is 0 Å². The summed E-state index contributed by atoms with van der Waals surface area (Å²) in [5.41, 5.74) is -9.74. The molecule has 2 nitrogen and oxygen atoms in total. The van der Waals surface area contributed by atoms with Crippen LogP contribution in [-0.2, 0) is 0 Å². The zero-order chi connectivity index (χ0) is 60.9. The highest BCUT2D eigenvalue weighted by molar-refractivity contribution is 6.12. The molecule has 0 atom stereocenters. The fourth-order valence-electron chi connectivity index (χ4n) is 5.62. The first-order chi connectivity index (χ1) is 38.1. The lowest BCUT2D eigenvalue weighted by molar-refractivity contribution is 1.18. The molecule has 8 aromatic carbocycles. The predicted octanol–water partition coefficient (Wildman–Crippen LogP) is 12.9. The maximum Gasteiger partial charge on any atom is 0.0651 e. The van der Waals surface area contributed by atoms with Crippen LogP contribution in [0.4, 0.5) is 0 Å². The lowest BCUT2D eigenvalue weighted by Gasteiger charge is -2.11. The fraction of sp³-hybridized carbons (Fsp3) is 0. The molecule has 0 spiro atoms. The molecule has 10 rings (SSSR count). The molecule has 0 fully saturated rings. The molecule has 0 saturated carbocycles. The predicted molar refractivity (Wildman–Crippen MR) is 211 cm³/mol. The van der Waals surface area contributed by atoms with Crippen molar-refractivity contribution in [1.29, 1.82) is 0 Å². The van der Waals surface area contributed by atoms with Gasteiger partial charge in [-0.1, -0.05) is 133 Å². The average Bonchev–Trinajstić information content (AvgIpc) is 1.64. The number of aromatic nitrogens is 2. The van der Waals surface area contributed by atoms with Crippen molar-refractivity contribution < 1.29 is 43.9 Å². The Hall–Kier alpha value is -6.64. The quantitative estimate of drug-likeness (QED) is 0.173. The second-order valence-electron chi connectivity index (χ2n) is 10.5. The van der Waals surface area contributed by atoms with Crippen molar-refractivity contribution >= 4 is 43.6 Å². The Morgan fingerprint density at radius 1 is 0.260 bits per heavy atom. The van der Waals surface area contributed by atoms with Crippen LogP contribution in [0.15, 0.2) is 193 Å². The van der Waals surface area contributed by atoms with Crippen LogP contribution in [-0.4, -0.2) is 9.13 Å². The Morgan fingerprint density at radius 3 is 1.08 bits per heavy atom. The van der Waals surface area contributed by atoms with Gasteiger partial charge in [-0.25, -0.2) is 0 Å². The molecule has 0 amide bonds. The summed E-state index contributed by atoms with van der Waals surface area (Å²) in [5, 5.41) is -2.72. The molecule has 0 saturated heterocycles. The maximum absolute atomic E-state index is 9.89. The molecule has 0 radical (unpaired) electrons. The summed E-state index contributed by atoms with van der Waals surface area (Å²) in [7, 11) is 0. The van der Waals surface area contributed by atoms with Gasteiger partial charge in [0.2, 0.25) is 0 Å². The van der Waals surface area contributed by atoms with Crippen molar-refractivity contribution in [1.82, 2.24) is 9.13 Å². The van der Waals surface area contributed by atoms with E-state index in [4.69, 9.17) is 27.4 Å². The van der Waals surface area contributed by atoms with Gasteiger partial charge in [-0.3, -0.25) is 0 Å². The van der Waals surface area contributed by atoms with E-state index in [-0.39, 0.29) is 0 Å². The number of fused-ring (bicyclic) bond motifs is 6. The van der Waals surface area contributed by atoms with Gasteiger partial charge in [-0.05, 0) is 93.8 Å². The summed E-state index contributed by atoms with van der Waals surface area (Å²) in [5.74, 6) is 0. The highest BCUT2D eigenvalue weighted by atomic mass is 15.0. The normalized spacial score (nSPS) is 20.6. The molecule has 0 N–H and O–H groups in total. The number of rotatable bonds is 5. The third-order valence-electron chi connectivity index (χ3n) is 7.74. The Labute approximate surface area is 335 Å². The molecule has 0 unspecified atom stereocenters. The number of hydrogen-bond donors (Lipinski definition) is 0. The first-order valence-corrected chi connectivity index (χ1v) is 14.6. The highest BCUT2D eigenvalue weighted by Crippen LogP contribution is 2.39. The summed E-state index contributed by atoms with van der Waals surface area (Å²) < 4.78 is 288. The van der Waals surface area contributed by atoms with E-state index in [9.17, 15) is 16.4 Å². The van der Waals surface area contributed by atoms with E-state index in [2.05, 4.69) is 0 Å². The third kappa shape index (κ3) is 4.57. The highest BCUT2D eigenvalue weighted by Gasteiger charge is 2.16. The molecule has 50 heavy (non-hydrogen) atoms. The zero-order valence-electron chi connectivity index (χ0n) is 56.9. The van der Waals surface area contributed by atoms with Gasteiger partial charge in [0.25, 0.3) is 0 Å². The zero-order valence-corrected chi connectivity index (χ0v) is 24.9. The van der Waals surface area contributed by atoms with Crippen LogP contribution in [0, 0.1) is 0 Å². The molecule has 0 aliphatic heterocycles. The van der Waals surface area contributed by atoms with Crippen molar-refractivity contribution in [3.63, 3.8) is 0 Å². The van der Waals surface area contributed by atoms with Crippen LogP contribution >= 0.6 is 0 Å². The molecule has 0 aliphatic carbocycles. The third-order valence-corrected chi connectivity index (χ3v) is 7.74. The molecular formula is C48H32N2. The number of hydrogen-bond acceptors (Lipinski definition) is 0. The summed E-state index contributed by atoms with van der Waals surface area (Å²) in [6.07, 6.45) is 0. The molecule has 10 aromatic rings. The summed E-state index contributed by atoms with van der Waals surface area (Å²) >= 11 is 0. The largest absolute Gasteiger partial charge is 0.309 e. The Bertz CT molecular complexity index is 4360. The Balaban J connectivity index is 1.40. The number of benzene rings is 8. The van der Waals surface area contributed by atoms with E-state index in [1.165, 1.54) is 0 Å². The van der Waals surface area contributed by atoms with Gasteiger partial charge in [-0.2, -0.15) is 0 Å². The van der Waals surface area contributed by atoms with Gasteiger partial charge in [0.05, 0.1) is 65.9 Å². The first kappa shape index (κ1) is 10.9. The van der Waals surface area contributed by atoms with Crippen molar-refractivity contribution in [2.24, 2.45) is 0 Å². The van der Waals surface area contributed by atoms with Crippen molar-refractivity contribution in [3.8, 4) is 44.8 Å². The van der Waals surface area contributed by atoms with E-state index in [1.807, 2.05) is 0 Å². The maximum atomic E-state index is 9.89.